The highest BCUT2D eigenvalue weighted by Gasteiger charge is 2.27. The molecule has 36 heavy (non-hydrogen) atoms. The molecule has 2 fully saturated rings. The van der Waals surface area contributed by atoms with Gasteiger partial charge in [0.2, 0.25) is 11.9 Å². The maximum absolute atomic E-state index is 12.7. The topological polar surface area (TPSA) is 119 Å². The van der Waals surface area contributed by atoms with E-state index in [0.29, 0.717) is 24.7 Å². The average molecular weight is 492 g/mol. The maximum Gasteiger partial charge on any atom is 0.267 e. The number of likely N-dealkylation sites (N-methyl/N-ethyl adjacent to an activating group) is 1. The van der Waals surface area contributed by atoms with Gasteiger partial charge in [-0.3, -0.25) is 9.59 Å². The Bertz CT molecular complexity index is 1210. The molecule has 2 N–H and O–H groups in total. The van der Waals surface area contributed by atoms with Gasteiger partial charge in [-0.25, -0.2) is 15.0 Å². The first-order valence-corrected chi connectivity index (χ1v) is 12.7. The van der Waals surface area contributed by atoms with Crippen molar-refractivity contribution in [3.8, 4) is 0 Å². The van der Waals surface area contributed by atoms with Gasteiger partial charge in [-0.15, -0.1) is 0 Å². The molecule has 2 aliphatic rings. The van der Waals surface area contributed by atoms with E-state index in [2.05, 4.69) is 19.9 Å². The highest BCUT2D eigenvalue weighted by atomic mass is 16.5. The van der Waals surface area contributed by atoms with E-state index in [1.165, 1.54) is 24.8 Å². The van der Waals surface area contributed by atoms with Gasteiger partial charge in [-0.2, -0.15) is 0 Å². The lowest BCUT2D eigenvalue weighted by molar-refractivity contribution is -0.137. The van der Waals surface area contributed by atoms with Crippen LogP contribution in [0.15, 0.2) is 36.8 Å². The minimum absolute atomic E-state index is 0.0268. The van der Waals surface area contributed by atoms with E-state index in [4.69, 9.17) is 10.5 Å². The summed E-state index contributed by atoms with van der Waals surface area (Å²) < 4.78 is 7.58. The molecule has 3 aromatic heterocycles. The van der Waals surface area contributed by atoms with Crippen LogP contribution in [0.4, 0.5) is 5.95 Å². The molecule has 0 bridgehead atoms. The average Bonchev–Trinajstić information content (AvgIpc) is 3.28. The van der Waals surface area contributed by atoms with Crippen LogP contribution in [-0.2, 0) is 16.1 Å². The van der Waals surface area contributed by atoms with Gasteiger partial charge in [0, 0.05) is 56.7 Å². The summed E-state index contributed by atoms with van der Waals surface area (Å²) in [5, 5.41) is 0.918. The number of nitrogens with zero attached hydrogens (tertiary/aromatic N) is 6. The molecule has 4 heterocycles. The number of nitrogens with two attached hydrogens (primary N) is 1. The molecular weight excluding hydrogens is 458 g/mol. The van der Waals surface area contributed by atoms with Crippen molar-refractivity contribution in [3.63, 3.8) is 0 Å². The quantitative estimate of drug-likeness (QED) is 0.456. The lowest BCUT2D eigenvalue weighted by atomic mass is 9.81. The molecule has 1 aliphatic carbocycles. The SMILES string of the molecule is CN(C(=O)COCCn1ccc2ccc(C(N)=O)nc21)C1CCN(c2ncc(C3CCC3)cn2)CC1. The lowest BCUT2D eigenvalue weighted by Crippen LogP contribution is -2.47. The number of aromatic nitrogens is 4. The molecule has 0 radical (unpaired) electrons. The number of fused-ring (bicyclic) bond motifs is 1. The Morgan fingerprint density at radius 3 is 2.53 bits per heavy atom. The van der Waals surface area contributed by atoms with E-state index in [0.717, 1.165) is 37.3 Å². The fourth-order valence-corrected chi connectivity index (χ4v) is 4.91. The lowest BCUT2D eigenvalue weighted by Gasteiger charge is -2.36. The highest BCUT2D eigenvalue weighted by molar-refractivity contribution is 5.93. The van der Waals surface area contributed by atoms with Crippen molar-refractivity contribution in [1.82, 2.24) is 24.4 Å². The molecule has 0 aromatic carbocycles. The predicted octanol–water partition coefficient (Wildman–Crippen LogP) is 2.34. The van der Waals surface area contributed by atoms with Crippen molar-refractivity contribution < 1.29 is 14.3 Å². The summed E-state index contributed by atoms with van der Waals surface area (Å²) in [4.78, 5) is 41.7. The second-order valence-electron chi connectivity index (χ2n) is 9.70. The van der Waals surface area contributed by atoms with E-state index in [1.54, 1.807) is 6.07 Å². The van der Waals surface area contributed by atoms with E-state index < -0.39 is 5.91 Å². The Labute approximate surface area is 210 Å². The third-order valence-electron chi connectivity index (χ3n) is 7.49. The van der Waals surface area contributed by atoms with E-state index in [1.807, 2.05) is 47.2 Å². The molecule has 0 unspecified atom stereocenters. The molecule has 1 saturated heterocycles. The number of amides is 2. The molecule has 0 spiro atoms. The zero-order chi connectivity index (χ0) is 25.1. The third-order valence-corrected chi connectivity index (χ3v) is 7.49. The van der Waals surface area contributed by atoms with Crippen molar-refractivity contribution >= 4 is 28.8 Å². The first-order chi connectivity index (χ1) is 17.5. The third kappa shape index (κ3) is 5.18. The number of anilines is 1. The Kier molecular flexibility index (Phi) is 7.13. The molecule has 5 rings (SSSR count). The van der Waals surface area contributed by atoms with Crippen molar-refractivity contribution in [2.75, 3.05) is 38.3 Å². The van der Waals surface area contributed by atoms with E-state index in [-0.39, 0.29) is 24.2 Å². The summed E-state index contributed by atoms with van der Waals surface area (Å²) >= 11 is 0. The van der Waals surface area contributed by atoms with Crippen LogP contribution in [0.3, 0.4) is 0 Å². The predicted molar refractivity (Wildman–Crippen MR) is 136 cm³/mol. The smallest absolute Gasteiger partial charge is 0.267 e. The molecule has 10 nitrogen and oxygen atoms in total. The normalized spacial score (nSPS) is 16.8. The number of carbonyl (C=O) groups excluding carboxylic acids is 2. The van der Waals surface area contributed by atoms with Crippen LogP contribution >= 0.6 is 0 Å². The van der Waals surface area contributed by atoms with E-state index in [9.17, 15) is 9.59 Å². The van der Waals surface area contributed by atoms with Crippen molar-refractivity contribution in [1.29, 1.82) is 0 Å². The largest absolute Gasteiger partial charge is 0.370 e. The first kappa shape index (κ1) is 24.2. The Morgan fingerprint density at radius 2 is 1.86 bits per heavy atom. The number of ether oxygens (including phenoxy) is 1. The van der Waals surface area contributed by atoms with Gasteiger partial charge in [0.1, 0.15) is 17.9 Å². The molecular formula is C26H33N7O3. The number of hydrogen-bond acceptors (Lipinski definition) is 7. The van der Waals surface area contributed by atoms with Crippen LogP contribution in [0.2, 0.25) is 0 Å². The van der Waals surface area contributed by atoms with Crippen LogP contribution in [0.5, 0.6) is 0 Å². The number of rotatable bonds is 9. The number of piperidine rings is 1. The molecule has 190 valence electrons. The minimum atomic E-state index is -0.560. The first-order valence-electron chi connectivity index (χ1n) is 12.7. The summed E-state index contributed by atoms with van der Waals surface area (Å²) in [6.45, 7) is 2.56. The van der Waals surface area contributed by atoms with Crippen molar-refractivity contribution in [2.24, 2.45) is 5.73 Å². The monoisotopic (exact) mass is 491 g/mol. The fourth-order valence-electron chi connectivity index (χ4n) is 4.91. The standard InChI is InChI=1S/C26H33N7O3/c1-31(21-8-11-33(12-9-21)26-28-15-20(16-29-26)18-3-2-4-18)23(34)17-36-14-13-32-10-7-19-5-6-22(24(27)35)30-25(19)32/h5-7,10,15-16,18,21H,2-4,8-9,11-14,17H2,1H3,(H2,27,35). The van der Waals surface area contributed by atoms with E-state index >= 15 is 0 Å². The van der Waals surface area contributed by atoms with Gasteiger partial charge in [0.05, 0.1) is 6.61 Å². The zero-order valence-electron chi connectivity index (χ0n) is 20.7. The van der Waals surface area contributed by atoms with Crippen LogP contribution in [-0.4, -0.2) is 75.6 Å². The number of carbonyl (C=O) groups is 2. The van der Waals surface area contributed by atoms with Crippen LogP contribution in [0, 0.1) is 0 Å². The van der Waals surface area contributed by atoms with Gasteiger partial charge in [-0.05, 0) is 55.4 Å². The van der Waals surface area contributed by atoms with Crippen LogP contribution in [0.1, 0.15) is 54.1 Å². The molecule has 1 aliphatic heterocycles. The summed E-state index contributed by atoms with van der Waals surface area (Å²) in [7, 11) is 1.85. The zero-order valence-corrected chi connectivity index (χ0v) is 20.7. The van der Waals surface area contributed by atoms with Gasteiger partial charge in [0.15, 0.2) is 0 Å². The maximum atomic E-state index is 12.7. The van der Waals surface area contributed by atoms with Crippen LogP contribution < -0.4 is 10.6 Å². The molecule has 10 heteroatoms. The second-order valence-corrected chi connectivity index (χ2v) is 9.70. The van der Waals surface area contributed by atoms with Gasteiger partial charge < -0.3 is 24.8 Å². The van der Waals surface area contributed by atoms with Crippen molar-refractivity contribution in [2.45, 2.75) is 50.6 Å². The molecule has 1 saturated carbocycles. The number of pyridine rings is 1. The minimum Gasteiger partial charge on any atom is -0.370 e. The van der Waals surface area contributed by atoms with Gasteiger partial charge in [-0.1, -0.05) is 6.42 Å². The van der Waals surface area contributed by atoms with Crippen molar-refractivity contribution in [3.05, 3.63) is 48.0 Å². The molecule has 0 atom stereocenters. The Balaban J connectivity index is 1.06. The Morgan fingerprint density at radius 1 is 1.11 bits per heavy atom. The summed E-state index contributed by atoms with van der Waals surface area (Å²) in [5.41, 5.74) is 7.49. The fraction of sp³-hybridized carbons (Fsp3) is 0.500. The second kappa shape index (κ2) is 10.6. The van der Waals surface area contributed by atoms with Gasteiger partial charge >= 0.3 is 0 Å². The number of hydrogen-bond donors (Lipinski definition) is 1. The molecule has 2 amide bonds. The highest BCUT2D eigenvalue weighted by Crippen LogP contribution is 2.35. The number of primary amides is 1. The summed E-state index contributed by atoms with van der Waals surface area (Å²) in [5.74, 6) is 0.834. The van der Waals surface area contributed by atoms with Gasteiger partial charge in [0.25, 0.3) is 5.91 Å². The summed E-state index contributed by atoms with van der Waals surface area (Å²) in [6, 6.07) is 5.53. The Hall–Kier alpha value is -3.53. The summed E-state index contributed by atoms with van der Waals surface area (Å²) in [6.07, 6.45) is 11.4. The van der Waals surface area contributed by atoms with Crippen LogP contribution in [0.25, 0.3) is 11.0 Å². The molecule has 3 aromatic rings.